The van der Waals surface area contributed by atoms with Gasteiger partial charge in [0.05, 0.1) is 0 Å². The van der Waals surface area contributed by atoms with Crippen molar-refractivity contribution in [3.8, 4) is 11.4 Å². The van der Waals surface area contributed by atoms with Crippen molar-refractivity contribution in [2.45, 2.75) is 26.2 Å². The largest absolute Gasteiger partial charge is 0.352 e. The third-order valence-electron chi connectivity index (χ3n) is 5.46. The second kappa shape index (κ2) is 10.2. The quantitative estimate of drug-likeness (QED) is 0.533. The highest BCUT2D eigenvalue weighted by Gasteiger charge is 2.11. The van der Waals surface area contributed by atoms with Gasteiger partial charge in [0.1, 0.15) is 5.82 Å². The van der Waals surface area contributed by atoms with Crippen LogP contribution in [0.1, 0.15) is 35.2 Å². The van der Waals surface area contributed by atoms with Crippen LogP contribution in [0.4, 0.5) is 11.5 Å². The molecule has 0 bridgehead atoms. The molecule has 1 aliphatic rings. The van der Waals surface area contributed by atoms with Crippen LogP contribution < -0.4 is 10.6 Å². The maximum Gasteiger partial charge on any atom is 0.251 e. The number of rotatable bonds is 8. The highest BCUT2D eigenvalue weighted by atomic mass is 16.1. The van der Waals surface area contributed by atoms with Gasteiger partial charge >= 0.3 is 0 Å². The normalized spacial score (nSPS) is 13.8. The molecule has 1 aromatic heterocycles. The van der Waals surface area contributed by atoms with E-state index >= 15 is 0 Å². The molecule has 1 saturated heterocycles. The van der Waals surface area contributed by atoms with Crippen LogP contribution in [0.5, 0.6) is 0 Å². The molecule has 0 radical (unpaired) electrons. The van der Waals surface area contributed by atoms with Gasteiger partial charge in [-0.25, -0.2) is 9.97 Å². The van der Waals surface area contributed by atoms with Crippen LogP contribution in [0.25, 0.3) is 11.4 Å². The Hall–Kier alpha value is -3.25. The average molecular weight is 416 g/mol. The third kappa shape index (κ3) is 5.89. The van der Waals surface area contributed by atoms with Crippen LogP contribution in [-0.2, 0) is 0 Å². The van der Waals surface area contributed by atoms with Crippen LogP contribution in [0, 0.1) is 6.92 Å². The van der Waals surface area contributed by atoms with Gasteiger partial charge in [-0.1, -0.05) is 29.8 Å². The molecule has 31 heavy (non-hydrogen) atoms. The van der Waals surface area contributed by atoms with Crippen molar-refractivity contribution >= 4 is 17.4 Å². The maximum atomic E-state index is 12.5. The Bertz CT molecular complexity index is 1030. The summed E-state index contributed by atoms with van der Waals surface area (Å²) in [5, 5.41) is 6.32. The zero-order valence-corrected chi connectivity index (χ0v) is 18.0. The average Bonchev–Trinajstić information content (AvgIpc) is 3.31. The fourth-order valence-corrected chi connectivity index (χ4v) is 3.85. The second-order valence-electron chi connectivity index (χ2n) is 8.00. The number of hydrogen-bond donors (Lipinski definition) is 2. The molecular weight excluding hydrogens is 386 g/mol. The van der Waals surface area contributed by atoms with E-state index in [1.54, 1.807) is 6.20 Å². The Kier molecular flexibility index (Phi) is 6.89. The Labute approximate surface area is 183 Å². The number of aromatic nitrogens is 2. The molecule has 0 atom stereocenters. The van der Waals surface area contributed by atoms with E-state index in [1.807, 2.05) is 42.5 Å². The molecule has 2 aromatic carbocycles. The first-order chi connectivity index (χ1) is 15.2. The molecule has 0 spiro atoms. The number of carbonyl (C=O) groups is 1. The summed E-state index contributed by atoms with van der Waals surface area (Å²) in [7, 11) is 0. The SMILES string of the molecule is Cc1cccc(-c2nccc(Nc3cccc(C(=O)NCCCN4CCCC4)c3)n2)c1. The van der Waals surface area contributed by atoms with Gasteiger partial charge in [0.15, 0.2) is 5.82 Å². The highest BCUT2D eigenvalue weighted by molar-refractivity contribution is 5.95. The minimum Gasteiger partial charge on any atom is -0.352 e. The maximum absolute atomic E-state index is 12.5. The molecule has 3 aromatic rings. The fraction of sp³-hybridized carbons (Fsp3) is 0.320. The van der Waals surface area contributed by atoms with Gasteiger partial charge in [0.25, 0.3) is 5.91 Å². The third-order valence-corrected chi connectivity index (χ3v) is 5.46. The van der Waals surface area contributed by atoms with Gasteiger partial charge in [-0.2, -0.15) is 0 Å². The smallest absolute Gasteiger partial charge is 0.251 e. The van der Waals surface area contributed by atoms with Gasteiger partial charge in [-0.05, 0) is 76.2 Å². The van der Waals surface area contributed by atoms with Crippen molar-refractivity contribution in [2.24, 2.45) is 0 Å². The molecule has 2 heterocycles. The Balaban J connectivity index is 1.36. The standard InChI is InChI=1S/C25H29N5O/c1-19-7-4-8-20(17-19)24-26-13-11-23(29-24)28-22-10-5-9-21(18-22)25(31)27-12-6-16-30-14-2-3-15-30/h4-5,7-11,13,17-18H,2-3,6,12,14-16H2,1H3,(H,27,31)(H,26,28,29). The van der Waals surface area contributed by atoms with Crippen LogP contribution in [0.3, 0.4) is 0 Å². The van der Waals surface area contributed by atoms with E-state index in [9.17, 15) is 4.79 Å². The molecule has 6 nitrogen and oxygen atoms in total. The number of carbonyl (C=O) groups excluding carboxylic acids is 1. The summed E-state index contributed by atoms with van der Waals surface area (Å²) < 4.78 is 0. The van der Waals surface area contributed by atoms with Crippen molar-refractivity contribution in [2.75, 3.05) is 31.5 Å². The predicted octanol–water partition coefficient (Wildman–Crippen LogP) is 4.41. The van der Waals surface area contributed by atoms with Crippen molar-refractivity contribution < 1.29 is 4.79 Å². The first-order valence-electron chi connectivity index (χ1n) is 11.0. The number of likely N-dealkylation sites (tertiary alicyclic amines) is 1. The Morgan fingerprint density at radius 1 is 1.06 bits per heavy atom. The highest BCUT2D eigenvalue weighted by Crippen LogP contribution is 2.20. The first-order valence-corrected chi connectivity index (χ1v) is 11.0. The minimum atomic E-state index is -0.0480. The number of benzene rings is 2. The van der Waals surface area contributed by atoms with Gasteiger partial charge in [0, 0.05) is 29.6 Å². The van der Waals surface area contributed by atoms with E-state index < -0.39 is 0 Å². The minimum absolute atomic E-state index is 0.0480. The Morgan fingerprint density at radius 2 is 1.90 bits per heavy atom. The summed E-state index contributed by atoms with van der Waals surface area (Å²) in [6, 6.07) is 17.4. The fourth-order valence-electron chi connectivity index (χ4n) is 3.85. The number of hydrogen-bond acceptors (Lipinski definition) is 5. The molecule has 1 aliphatic heterocycles. The van der Waals surface area contributed by atoms with Crippen LogP contribution >= 0.6 is 0 Å². The molecule has 0 unspecified atom stereocenters. The van der Waals surface area contributed by atoms with Gasteiger partial charge in [0.2, 0.25) is 0 Å². The van der Waals surface area contributed by atoms with Crippen molar-refractivity contribution in [1.29, 1.82) is 0 Å². The zero-order valence-electron chi connectivity index (χ0n) is 18.0. The summed E-state index contributed by atoms with van der Waals surface area (Å²) in [5.41, 5.74) is 3.60. The lowest BCUT2D eigenvalue weighted by Gasteiger charge is -2.14. The summed E-state index contributed by atoms with van der Waals surface area (Å²) in [4.78, 5) is 24.0. The monoisotopic (exact) mass is 415 g/mol. The van der Waals surface area contributed by atoms with E-state index in [1.165, 1.54) is 31.5 Å². The number of anilines is 2. The number of amides is 1. The summed E-state index contributed by atoms with van der Waals surface area (Å²) in [6.45, 7) is 6.18. The number of nitrogens with zero attached hydrogens (tertiary/aromatic N) is 3. The van der Waals surface area contributed by atoms with Crippen molar-refractivity contribution in [1.82, 2.24) is 20.2 Å². The summed E-state index contributed by atoms with van der Waals surface area (Å²) in [6.07, 6.45) is 5.31. The second-order valence-corrected chi connectivity index (χ2v) is 8.00. The van der Waals surface area contributed by atoms with Crippen molar-refractivity contribution in [3.63, 3.8) is 0 Å². The summed E-state index contributed by atoms with van der Waals surface area (Å²) in [5.74, 6) is 1.31. The first kappa shape index (κ1) is 21.0. The molecule has 1 fully saturated rings. The number of aryl methyl sites for hydroxylation is 1. The van der Waals surface area contributed by atoms with Crippen LogP contribution in [-0.4, -0.2) is 47.0 Å². The molecule has 0 aliphatic carbocycles. The molecule has 160 valence electrons. The molecule has 1 amide bonds. The van der Waals surface area contributed by atoms with Crippen LogP contribution in [0.2, 0.25) is 0 Å². The molecule has 6 heteroatoms. The lowest BCUT2D eigenvalue weighted by molar-refractivity contribution is 0.0952. The zero-order chi connectivity index (χ0) is 21.5. The molecule has 4 rings (SSSR count). The van der Waals surface area contributed by atoms with E-state index in [-0.39, 0.29) is 5.91 Å². The molecule has 0 saturated carbocycles. The summed E-state index contributed by atoms with van der Waals surface area (Å²) >= 11 is 0. The van der Waals surface area contributed by atoms with E-state index in [0.29, 0.717) is 23.8 Å². The topological polar surface area (TPSA) is 70.2 Å². The van der Waals surface area contributed by atoms with E-state index in [0.717, 1.165) is 24.2 Å². The molecule has 2 N–H and O–H groups in total. The van der Waals surface area contributed by atoms with Crippen molar-refractivity contribution in [3.05, 3.63) is 71.9 Å². The van der Waals surface area contributed by atoms with Crippen LogP contribution in [0.15, 0.2) is 60.8 Å². The Morgan fingerprint density at radius 3 is 2.74 bits per heavy atom. The van der Waals surface area contributed by atoms with Gasteiger partial charge in [-0.3, -0.25) is 4.79 Å². The molecular formula is C25H29N5O. The van der Waals surface area contributed by atoms with Gasteiger partial charge in [-0.15, -0.1) is 0 Å². The lowest BCUT2D eigenvalue weighted by Crippen LogP contribution is -2.28. The number of nitrogens with one attached hydrogen (secondary N) is 2. The van der Waals surface area contributed by atoms with E-state index in [4.69, 9.17) is 0 Å². The predicted molar refractivity (Wildman–Crippen MR) is 125 cm³/mol. The van der Waals surface area contributed by atoms with Gasteiger partial charge < -0.3 is 15.5 Å². The lowest BCUT2D eigenvalue weighted by atomic mass is 10.1. The van der Waals surface area contributed by atoms with E-state index in [2.05, 4.69) is 44.6 Å².